The highest BCUT2D eigenvalue weighted by Crippen LogP contribution is 2.22. The zero-order chi connectivity index (χ0) is 23.3. The van der Waals surface area contributed by atoms with Crippen molar-refractivity contribution in [3.8, 4) is 5.75 Å². The third-order valence-corrected chi connectivity index (χ3v) is 6.05. The van der Waals surface area contributed by atoms with Crippen LogP contribution in [0.25, 0.3) is 0 Å². The van der Waals surface area contributed by atoms with E-state index in [0.29, 0.717) is 22.3 Å². The van der Waals surface area contributed by atoms with Crippen molar-refractivity contribution >= 4 is 29.3 Å². The monoisotopic (exact) mass is 453 g/mol. The maximum atomic E-state index is 12.5. The highest BCUT2D eigenvalue weighted by Gasteiger charge is 2.19. The SMILES string of the molecule is COc1ccc(C(=O)N[C@H](C)c2nnc(SCC(=O)Nc3c(C)cccc3C)n2C)cc1. The lowest BCUT2D eigenvalue weighted by molar-refractivity contribution is -0.113. The second-order valence-electron chi connectivity index (χ2n) is 7.43. The lowest BCUT2D eigenvalue weighted by atomic mass is 10.1. The molecule has 2 N–H and O–H groups in total. The first-order chi connectivity index (χ1) is 15.3. The van der Waals surface area contributed by atoms with E-state index in [1.165, 1.54) is 11.8 Å². The molecule has 0 fully saturated rings. The van der Waals surface area contributed by atoms with E-state index in [2.05, 4.69) is 20.8 Å². The van der Waals surface area contributed by atoms with Crippen LogP contribution in [0.1, 0.15) is 40.3 Å². The Labute approximate surface area is 191 Å². The number of thioether (sulfide) groups is 1. The van der Waals surface area contributed by atoms with Crippen molar-refractivity contribution in [2.45, 2.75) is 32.0 Å². The summed E-state index contributed by atoms with van der Waals surface area (Å²) in [4.78, 5) is 25.0. The first-order valence-electron chi connectivity index (χ1n) is 10.1. The Morgan fingerprint density at radius 2 is 1.75 bits per heavy atom. The third-order valence-electron chi connectivity index (χ3n) is 5.03. The second-order valence-corrected chi connectivity index (χ2v) is 8.37. The Hall–Kier alpha value is -3.33. The van der Waals surface area contributed by atoms with Crippen molar-refractivity contribution < 1.29 is 14.3 Å². The summed E-state index contributed by atoms with van der Waals surface area (Å²) in [6, 6.07) is 12.4. The molecule has 0 saturated heterocycles. The van der Waals surface area contributed by atoms with Gasteiger partial charge < -0.3 is 19.9 Å². The summed E-state index contributed by atoms with van der Waals surface area (Å²) in [5.41, 5.74) is 3.40. The summed E-state index contributed by atoms with van der Waals surface area (Å²) in [5, 5.41) is 14.9. The number of aromatic nitrogens is 3. The van der Waals surface area contributed by atoms with Crippen LogP contribution in [-0.4, -0.2) is 39.4 Å². The highest BCUT2D eigenvalue weighted by molar-refractivity contribution is 7.99. The van der Waals surface area contributed by atoms with Gasteiger partial charge in [-0.2, -0.15) is 0 Å². The number of amides is 2. The number of hydrogen-bond acceptors (Lipinski definition) is 6. The molecule has 0 aliphatic carbocycles. The fourth-order valence-corrected chi connectivity index (χ4v) is 3.95. The molecule has 9 heteroatoms. The van der Waals surface area contributed by atoms with Crippen molar-refractivity contribution in [3.63, 3.8) is 0 Å². The zero-order valence-corrected chi connectivity index (χ0v) is 19.6. The molecule has 0 aliphatic rings. The van der Waals surface area contributed by atoms with Gasteiger partial charge in [0.15, 0.2) is 11.0 Å². The van der Waals surface area contributed by atoms with Crippen LogP contribution in [-0.2, 0) is 11.8 Å². The molecular weight excluding hydrogens is 426 g/mol. The van der Waals surface area contributed by atoms with Gasteiger partial charge in [0.1, 0.15) is 5.75 Å². The van der Waals surface area contributed by atoms with E-state index >= 15 is 0 Å². The number of hydrogen-bond donors (Lipinski definition) is 2. The number of nitrogens with zero attached hydrogens (tertiary/aromatic N) is 3. The van der Waals surface area contributed by atoms with Gasteiger partial charge in [-0.3, -0.25) is 9.59 Å². The zero-order valence-electron chi connectivity index (χ0n) is 18.8. The van der Waals surface area contributed by atoms with Gasteiger partial charge in [0.25, 0.3) is 5.91 Å². The number of carbonyl (C=O) groups excluding carboxylic acids is 2. The van der Waals surface area contributed by atoms with Gasteiger partial charge in [-0.1, -0.05) is 30.0 Å². The van der Waals surface area contributed by atoms with Gasteiger partial charge in [0.05, 0.1) is 18.9 Å². The number of rotatable bonds is 8. The van der Waals surface area contributed by atoms with Crippen molar-refractivity contribution in [2.75, 3.05) is 18.2 Å². The van der Waals surface area contributed by atoms with Crippen LogP contribution in [0.2, 0.25) is 0 Å². The molecule has 0 aliphatic heterocycles. The molecule has 1 atom stereocenters. The fourth-order valence-electron chi connectivity index (χ4n) is 3.23. The molecule has 8 nitrogen and oxygen atoms in total. The number of para-hydroxylation sites is 1. The summed E-state index contributed by atoms with van der Waals surface area (Å²) in [6.45, 7) is 5.77. The molecule has 0 bridgehead atoms. The maximum absolute atomic E-state index is 12.5. The Balaban J connectivity index is 1.59. The second kappa shape index (κ2) is 10.3. The number of aryl methyl sites for hydroxylation is 2. The number of anilines is 1. The molecule has 2 aromatic carbocycles. The van der Waals surface area contributed by atoms with Crippen LogP contribution in [0.3, 0.4) is 0 Å². The van der Waals surface area contributed by atoms with E-state index in [1.54, 1.807) is 35.9 Å². The minimum atomic E-state index is -0.361. The van der Waals surface area contributed by atoms with Crippen molar-refractivity contribution in [3.05, 3.63) is 65.0 Å². The lowest BCUT2D eigenvalue weighted by Gasteiger charge is -2.14. The molecule has 0 unspecified atom stereocenters. The van der Waals surface area contributed by atoms with Crippen LogP contribution in [0.4, 0.5) is 5.69 Å². The number of benzene rings is 2. The molecule has 3 rings (SSSR count). The van der Waals surface area contributed by atoms with Crippen LogP contribution >= 0.6 is 11.8 Å². The average molecular weight is 454 g/mol. The predicted molar refractivity (Wildman–Crippen MR) is 125 cm³/mol. The largest absolute Gasteiger partial charge is 0.497 e. The molecule has 1 aromatic heterocycles. The Morgan fingerprint density at radius 1 is 1.09 bits per heavy atom. The van der Waals surface area contributed by atoms with E-state index in [4.69, 9.17) is 4.74 Å². The molecule has 168 valence electrons. The summed E-state index contributed by atoms with van der Waals surface area (Å²) in [7, 11) is 3.39. The summed E-state index contributed by atoms with van der Waals surface area (Å²) in [5.74, 6) is 1.16. The first kappa shape index (κ1) is 23.3. The van der Waals surface area contributed by atoms with Crippen LogP contribution in [0.15, 0.2) is 47.6 Å². The quantitative estimate of drug-likeness (QED) is 0.505. The van der Waals surface area contributed by atoms with Crippen molar-refractivity contribution in [1.82, 2.24) is 20.1 Å². The number of carbonyl (C=O) groups is 2. The Morgan fingerprint density at radius 3 is 2.38 bits per heavy atom. The summed E-state index contributed by atoms with van der Waals surface area (Å²) >= 11 is 1.29. The van der Waals surface area contributed by atoms with E-state index in [1.807, 2.05) is 46.0 Å². The molecule has 2 amide bonds. The van der Waals surface area contributed by atoms with Crippen molar-refractivity contribution in [2.24, 2.45) is 7.05 Å². The van der Waals surface area contributed by atoms with E-state index in [9.17, 15) is 9.59 Å². The molecule has 1 heterocycles. The van der Waals surface area contributed by atoms with Crippen LogP contribution in [0, 0.1) is 13.8 Å². The number of nitrogens with one attached hydrogen (secondary N) is 2. The molecule has 3 aromatic rings. The van der Waals surface area contributed by atoms with Gasteiger partial charge in [-0.05, 0) is 56.2 Å². The smallest absolute Gasteiger partial charge is 0.251 e. The molecule has 0 spiro atoms. The van der Waals surface area contributed by atoms with Gasteiger partial charge in [0.2, 0.25) is 5.91 Å². The predicted octanol–water partition coefficient (Wildman–Crippen LogP) is 3.66. The third kappa shape index (κ3) is 5.47. The molecule has 0 saturated carbocycles. The molecular formula is C23H27N5O3S. The Bertz CT molecular complexity index is 1090. The maximum Gasteiger partial charge on any atom is 0.251 e. The normalized spacial score (nSPS) is 11.7. The Kier molecular flexibility index (Phi) is 7.53. The fraction of sp³-hybridized carbons (Fsp3) is 0.304. The van der Waals surface area contributed by atoms with Crippen LogP contribution in [0.5, 0.6) is 5.75 Å². The average Bonchev–Trinajstić information content (AvgIpc) is 3.15. The number of ether oxygens (including phenoxy) is 1. The molecule has 0 radical (unpaired) electrons. The van der Waals surface area contributed by atoms with Gasteiger partial charge >= 0.3 is 0 Å². The standard InChI is InChI=1S/C23H27N5O3S/c1-14-7-6-8-15(2)20(14)25-19(29)13-32-23-27-26-21(28(23)4)16(3)24-22(30)17-9-11-18(31-5)12-10-17/h6-12,16H,13H2,1-5H3,(H,24,30)(H,25,29)/t16-/m1/s1. The van der Waals surface area contributed by atoms with E-state index < -0.39 is 0 Å². The van der Waals surface area contributed by atoms with E-state index in [-0.39, 0.29) is 23.6 Å². The van der Waals surface area contributed by atoms with Crippen LogP contribution < -0.4 is 15.4 Å². The highest BCUT2D eigenvalue weighted by atomic mass is 32.2. The molecule has 32 heavy (non-hydrogen) atoms. The number of methoxy groups -OCH3 is 1. The minimum absolute atomic E-state index is 0.113. The van der Waals surface area contributed by atoms with E-state index in [0.717, 1.165) is 16.8 Å². The summed E-state index contributed by atoms with van der Waals surface area (Å²) in [6.07, 6.45) is 0. The summed E-state index contributed by atoms with van der Waals surface area (Å²) < 4.78 is 6.91. The minimum Gasteiger partial charge on any atom is -0.497 e. The van der Waals surface area contributed by atoms with Crippen molar-refractivity contribution in [1.29, 1.82) is 0 Å². The van der Waals surface area contributed by atoms with Gasteiger partial charge in [0, 0.05) is 18.3 Å². The first-order valence-corrected chi connectivity index (χ1v) is 11.1. The topological polar surface area (TPSA) is 98.1 Å². The van der Waals surface area contributed by atoms with Gasteiger partial charge in [-0.15, -0.1) is 10.2 Å². The lowest BCUT2D eigenvalue weighted by Crippen LogP contribution is -2.28. The van der Waals surface area contributed by atoms with Gasteiger partial charge in [-0.25, -0.2) is 0 Å².